The van der Waals surface area contributed by atoms with Crippen molar-refractivity contribution in [1.82, 2.24) is 24.5 Å². The molecule has 0 unspecified atom stereocenters. The van der Waals surface area contributed by atoms with Gasteiger partial charge in [-0.3, -0.25) is 4.57 Å². The molecule has 1 N–H and O–H groups in total. The standard InChI is InChI=1S/C13H11ClN6/c1-15-12-17-11(9-3-2-4-10(14)7-9)18-13(19-12)20-6-5-16-8-20/h2-8H,1H3,(H,15,17,18,19). The third kappa shape index (κ3) is 2.46. The number of rotatable bonds is 3. The van der Waals surface area contributed by atoms with Gasteiger partial charge in [0.2, 0.25) is 11.9 Å². The van der Waals surface area contributed by atoms with Crippen molar-refractivity contribution in [1.29, 1.82) is 0 Å². The van der Waals surface area contributed by atoms with Gasteiger partial charge in [0.05, 0.1) is 0 Å². The van der Waals surface area contributed by atoms with E-state index in [9.17, 15) is 0 Å². The molecule has 0 aliphatic carbocycles. The SMILES string of the molecule is CNc1nc(-c2cccc(Cl)c2)nc(-n2ccnc2)n1. The molecule has 2 heterocycles. The Morgan fingerprint density at radius 1 is 1.20 bits per heavy atom. The van der Waals surface area contributed by atoms with E-state index in [-0.39, 0.29) is 0 Å². The van der Waals surface area contributed by atoms with Crippen LogP contribution in [0.1, 0.15) is 0 Å². The highest BCUT2D eigenvalue weighted by Gasteiger charge is 2.09. The van der Waals surface area contributed by atoms with Crippen LogP contribution in [0.25, 0.3) is 17.3 Å². The zero-order valence-electron chi connectivity index (χ0n) is 10.7. The second-order valence-electron chi connectivity index (χ2n) is 4.01. The van der Waals surface area contributed by atoms with Crippen LogP contribution in [0.5, 0.6) is 0 Å². The molecule has 0 atom stereocenters. The number of halogens is 1. The van der Waals surface area contributed by atoms with Crippen molar-refractivity contribution < 1.29 is 0 Å². The highest BCUT2D eigenvalue weighted by molar-refractivity contribution is 6.30. The third-order valence-electron chi connectivity index (χ3n) is 2.67. The molecule has 100 valence electrons. The first-order valence-corrected chi connectivity index (χ1v) is 6.32. The Kier molecular flexibility index (Phi) is 3.30. The molecule has 3 aromatic rings. The Morgan fingerprint density at radius 2 is 2.10 bits per heavy atom. The van der Waals surface area contributed by atoms with Crippen LogP contribution in [-0.2, 0) is 0 Å². The minimum absolute atomic E-state index is 0.485. The summed E-state index contributed by atoms with van der Waals surface area (Å²) in [6, 6.07) is 7.38. The lowest BCUT2D eigenvalue weighted by Crippen LogP contribution is -2.06. The van der Waals surface area contributed by atoms with Gasteiger partial charge in [0.15, 0.2) is 5.82 Å². The van der Waals surface area contributed by atoms with Crippen LogP contribution in [0.4, 0.5) is 5.95 Å². The highest BCUT2D eigenvalue weighted by atomic mass is 35.5. The first kappa shape index (κ1) is 12.6. The Bertz CT molecular complexity index is 725. The maximum absolute atomic E-state index is 6.01. The Labute approximate surface area is 120 Å². The first-order chi connectivity index (χ1) is 9.76. The van der Waals surface area contributed by atoms with Crippen molar-refractivity contribution in [2.75, 3.05) is 12.4 Å². The molecular weight excluding hydrogens is 276 g/mol. The predicted molar refractivity (Wildman–Crippen MR) is 76.9 cm³/mol. The van der Waals surface area contributed by atoms with Gasteiger partial charge in [-0.15, -0.1) is 0 Å². The predicted octanol–water partition coefficient (Wildman–Crippen LogP) is 2.42. The maximum Gasteiger partial charge on any atom is 0.240 e. The van der Waals surface area contributed by atoms with E-state index in [1.54, 1.807) is 30.3 Å². The fraction of sp³-hybridized carbons (Fsp3) is 0.0769. The van der Waals surface area contributed by atoms with E-state index in [0.29, 0.717) is 22.7 Å². The normalized spacial score (nSPS) is 10.5. The van der Waals surface area contributed by atoms with Crippen molar-refractivity contribution in [3.05, 3.63) is 48.0 Å². The zero-order chi connectivity index (χ0) is 13.9. The molecule has 3 rings (SSSR count). The van der Waals surface area contributed by atoms with Crippen LogP contribution in [0, 0.1) is 0 Å². The smallest absolute Gasteiger partial charge is 0.240 e. The molecule has 7 heteroatoms. The average Bonchev–Trinajstić information content (AvgIpc) is 3.01. The molecule has 0 aliphatic heterocycles. The lowest BCUT2D eigenvalue weighted by molar-refractivity contribution is 0.902. The van der Waals surface area contributed by atoms with E-state index in [4.69, 9.17) is 11.6 Å². The maximum atomic E-state index is 6.01. The summed E-state index contributed by atoms with van der Waals surface area (Å²) in [6.45, 7) is 0. The largest absolute Gasteiger partial charge is 0.357 e. The second kappa shape index (κ2) is 5.26. The monoisotopic (exact) mass is 286 g/mol. The van der Waals surface area contributed by atoms with Crippen LogP contribution in [0.3, 0.4) is 0 Å². The van der Waals surface area contributed by atoms with Gasteiger partial charge >= 0.3 is 0 Å². The topological polar surface area (TPSA) is 68.5 Å². The van der Waals surface area contributed by atoms with Crippen molar-refractivity contribution >= 4 is 17.5 Å². The summed E-state index contributed by atoms with van der Waals surface area (Å²) in [7, 11) is 1.76. The van der Waals surface area contributed by atoms with Crippen molar-refractivity contribution in [2.45, 2.75) is 0 Å². The zero-order valence-corrected chi connectivity index (χ0v) is 11.4. The fourth-order valence-electron chi connectivity index (χ4n) is 1.73. The Balaban J connectivity index is 2.14. The number of nitrogens with zero attached hydrogens (tertiary/aromatic N) is 5. The average molecular weight is 287 g/mol. The van der Waals surface area contributed by atoms with E-state index in [1.165, 1.54) is 0 Å². The summed E-state index contributed by atoms with van der Waals surface area (Å²) in [5.41, 5.74) is 0.831. The number of nitrogens with one attached hydrogen (secondary N) is 1. The summed E-state index contributed by atoms with van der Waals surface area (Å²) < 4.78 is 1.72. The summed E-state index contributed by atoms with van der Waals surface area (Å²) in [5.74, 6) is 1.53. The van der Waals surface area contributed by atoms with Crippen LogP contribution < -0.4 is 5.32 Å². The van der Waals surface area contributed by atoms with Gasteiger partial charge in [-0.25, -0.2) is 4.98 Å². The molecule has 6 nitrogen and oxygen atoms in total. The van der Waals surface area contributed by atoms with Gasteiger partial charge in [-0.05, 0) is 12.1 Å². The van der Waals surface area contributed by atoms with Crippen molar-refractivity contribution in [3.63, 3.8) is 0 Å². The molecule has 0 saturated carbocycles. The van der Waals surface area contributed by atoms with Crippen LogP contribution in [-0.4, -0.2) is 31.6 Å². The molecule has 0 radical (unpaired) electrons. The van der Waals surface area contributed by atoms with Crippen LogP contribution in [0.15, 0.2) is 43.0 Å². The molecule has 1 aromatic carbocycles. The molecular formula is C13H11ClN6. The van der Waals surface area contributed by atoms with Gasteiger partial charge in [-0.2, -0.15) is 15.0 Å². The number of benzene rings is 1. The molecule has 0 fully saturated rings. The van der Waals surface area contributed by atoms with Gasteiger partial charge in [0, 0.05) is 30.0 Å². The molecule has 0 amide bonds. The van der Waals surface area contributed by atoms with Gasteiger partial charge < -0.3 is 5.32 Å². The highest BCUT2D eigenvalue weighted by Crippen LogP contribution is 2.21. The van der Waals surface area contributed by atoms with E-state index >= 15 is 0 Å². The van der Waals surface area contributed by atoms with E-state index in [0.717, 1.165) is 5.56 Å². The third-order valence-corrected chi connectivity index (χ3v) is 2.90. The summed E-state index contributed by atoms with van der Waals surface area (Å²) in [4.78, 5) is 17.1. The minimum atomic E-state index is 0.485. The molecule has 0 aliphatic rings. The second-order valence-corrected chi connectivity index (χ2v) is 4.45. The molecule has 0 bridgehead atoms. The number of imidazole rings is 1. The summed E-state index contributed by atoms with van der Waals surface area (Å²) in [5, 5.41) is 3.56. The molecule has 2 aromatic heterocycles. The summed E-state index contributed by atoms with van der Waals surface area (Å²) >= 11 is 6.01. The number of hydrogen-bond donors (Lipinski definition) is 1. The van der Waals surface area contributed by atoms with E-state index in [1.807, 2.05) is 24.3 Å². The molecule has 0 saturated heterocycles. The van der Waals surface area contributed by atoms with E-state index in [2.05, 4.69) is 25.3 Å². The van der Waals surface area contributed by atoms with Crippen LogP contribution >= 0.6 is 11.6 Å². The molecule has 0 spiro atoms. The number of hydrogen-bond acceptors (Lipinski definition) is 5. The lowest BCUT2D eigenvalue weighted by Gasteiger charge is -2.07. The van der Waals surface area contributed by atoms with Gasteiger partial charge in [0.25, 0.3) is 0 Å². The lowest BCUT2D eigenvalue weighted by atomic mass is 10.2. The minimum Gasteiger partial charge on any atom is -0.357 e. The Morgan fingerprint density at radius 3 is 2.80 bits per heavy atom. The quantitative estimate of drug-likeness (QED) is 0.801. The van der Waals surface area contributed by atoms with Crippen molar-refractivity contribution in [2.24, 2.45) is 0 Å². The molecule has 20 heavy (non-hydrogen) atoms. The Hall–Kier alpha value is -2.47. The van der Waals surface area contributed by atoms with Gasteiger partial charge in [-0.1, -0.05) is 23.7 Å². The number of aromatic nitrogens is 5. The van der Waals surface area contributed by atoms with Crippen molar-refractivity contribution in [3.8, 4) is 17.3 Å². The van der Waals surface area contributed by atoms with Crippen LogP contribution in [0.2, 0.25) is 5.02 Å². The van der Waals surface area contributed by atoms with E-state index < -0.39 is 0 Å². The van der Waals surface area contributed by atoms with Gasteiger partial charge in [0.1, 0.15) is 6.33 Å². The fourth-order valence-corrected chi connectivity index (χ4v) is 1.92. The number of anilines is 1. The summed E-state index contributed by atoms with van der Waals surface area (Å²) in [6.07, 6.45) is 5.08. The first-order valence-electron chi connectivity index (χ1n) is 5.94.